The maximum atomic E-state index is 6.42. The van der Waals surface area contributed by atoms with Crippen molar-refractivity contribution in [1.29, 1.82) is 0 Å². The van der Waals surface area contributed by atoms with Gasteiger partial charge in [0.25, 0.3) is 0 Å². The SMILES string of the molecule is CCc1nn(C)c(CC2(CNC(C)C)CC2)c1Cl. The topological polar surface area (TPSA) is 29.9 Å². The normalized spacial score (nSPS) is 17.4. The highest BCUT2D eigenvalue weighted by molar-refractivity contribution is 6.31. The third kappa shape index (κ3) is 2.89. The summed E-state index contributed by atoms with van der Waals surface area (Å²) in [5.41, 5.74) is 2.66. The molecule has 1 N–H and O–H groups in total. The second-order valence-electron chi connectivity index (χ2n) is 5.90. The lowest BCUT2D eigenvalue weighted by Gasteiger charge is -2.18. The molecule has 1 fully saturated rings. The first-order valence-electron chi connectivity index (χ1n) is 6.91. The molecule has 1 aromatic rings. The number of halogens is 1. The first-order chi connectivity index (χ1) is 8.47. The molecule has 0 atom stereocenters. The quantitative estimate of drug-likeness (QED) is 0.861. The van der Waals surface area contributed by atoms with Crippen LogP contribution in [0.15, 0.2) is 0 Å². The molecule has 1 aliphatic carbocycles. The molecule has 0 amide bonds. The van der Waals surface area contributed by atoms with Gasteiger partial charge in [-0.3, -0.25) is 4.68 Å². The van der Waals surface area contributed by atoms with Crippen LogP contribution in [-0.2, 0) is 19.9 Å². The van der Waals surface area contributed by atoms with Crippen LogP contribution >= 0.6 is 11.6 Å². The summed E-state index contributed by atoms with van der Waals surface area (Å²) in [6.07, 6.45) is 4.56. The lowest BCUT2D eigenvalue weighted by atomic mass is 9.99. The van der Waals surface area contributed by atoms with Gasteiger partial charge in [0.15, 0.2) is 0 Å². The number of rotatable bonds is 6. The summed E-state index contributed by atoms with van der Waals surface area (Å²) in [4.78, 5) is 0. The third-order valence-electron chi connectivity index (χ3n) is 3.89. The van der Waals surface area contributed by atoms with Gasteiger partial charge in [0.2, 0.25) is 0 Å². The molecule has 0 spiro atoms. The summed E-state index contributed by atoms with van der Waals surface area (Å²) in [5, 5.41) is 8.94. The van der Waals surface area contributed by atoms with Gasteiger partial charge in [0, 0.05) is 19.6 Å². The van der Waals surface area contributed by atoms with E-state index in [-0.39, 0.29) is 0 Å². The fraction of sp³-hybridized carbons (Fsp3) is 0.786. The number of nitrogens with one attached hydrogen (secondary N) is 1. The van der Waals surface area contributed by atoms with Crippen molar-refractivity contribution in [3.8, 4) is 0 Å². The van der Waals surface area contributed by atoms with Crippen LogP contribution in [-0.4, -0.2) is 22.4 Å². The predicted molar refractivity (Wildman–Crippen MR) is 76.1 cm³/mol. The van der Waals surface area contributed by atoms with Crippen LogP contribution in [0.5, 0.6) is 0 Å². The Morgan fingerprint density at radius 3 is 2.56 bits per heavy atom. The first kappa shape index (κ1) is 13.9. The number of aromatic nitrogens is 2. The Bertz CT molecular complexity index is 419. The van der Waals surface area contributed by atoms with E-state index in [9.17, 15) is 0 Å². The van der Waals surface area contributed by atoms with Gasteiger partial charge in [-0.15, -0.1) is 0 Å². The van der Waals surface area contributed by atoms with Gasteiger partial charge >= 0.3 is 0 Å². The van der Waals surface area contributed by atoms with Gasteiger partial charge in [-0.05, 0) is 31.1 Å². The van der Waals surface area contributed by atoms with E-state index in [1.807, 2.05) is 11.7 Å². The van der Waals surface area contributed by atoms with Gasteiger partial charge in [0.1, 0.15) is 0 Å². The average molecular weight is 270 g/mol. The summed E-state index contributed by atoms with van der Waals surface area (Å²) < 4.78 is 1.97. The molecule has 0 unspecified atom stereocenters. The second kappa shape index (κ2) is 5.22. The molecule has 2 rings (SSSR count). The number of aryl methyl sites for hydroxylation is 2. The predicted octanol–water partition coefficient (Wildman–Crippen LogP) is 2.96. The zero-order valence-corrected chi connectivity index (χ0v) is 12.6. The average Bonchev–Trinajstić information content (AvgIpc) is 3.04. The third-order valence-corrected chi connectivity index (χ3v) is 4.32. The molecular formula is C14H24ClN3. The molecule has 18 heavy (non-hydrogen) atoms. The van der Waals surface area contributed by atoms with Crippen molar-refractivity contribution in [2.75, 3.05) is 6.54 Å². The van der Waals surface area contributed by atoms with Crippen molar-refractivity contribution in [3.63, 3.8) is 0 Å². The molecular weight excluding hydrogens is 246 g/mol. The highest BCUT2D eigenvalue weighted by Gasteiger charge is 2.43. The molecule has 0 bridgehead atoms. The Hall–Kier alpha value is -0.540. The van der Waals surface area contributed by atoms with Crippen molar-refractivity contribution in [1.82, 2.24) is 15.1 Å². The minimum Gasteiger partial charge on any atom is -0.314 e. The van der Waals surface area contributed by atoms with E-state index < -0.39 is 0 Å². The standard InChI is InChI=1S/C14H24ClN3/c1-5-11-13(15)12(18(4)17-11)8-14(6-7-14)9-16-10(2)3/h10,16H,5-9H2,1-4H3. The van der Waals surface area contributed by atoms with Gasteiger partial charge in [0.05, 0.1) is 16.4 Å². The zero-order valence-electron chi connectivity index (χ0n) is 11.9. The van der Waals surface area contributed by atoms with Crippen LogP contribution in [0.2, 0.25) is 5.02 Å². The smallest absolute Gasteiger partial charge is 0.0849 e. The van der Waals surface area contributed by atoms with Crippen LogP contribution in [0.4, 0.5) is 0 Å². The van der Waals surface area contributed by atoms with E-state index in [4.69, 9.17) is 11.6 Å². The molecule has 0 aliphatic heterocycles. The maximum Gasteiger partial charge on any atom is 0.0849 e. The summed E-state index contributed by atoms with van der Waals surface area (Å²) in [5.74, 6) is 0. The van der Waals surface area contributed by atoms with Gasteiger partial charge in [-0.25, -0.2) is 0 Å². The van der Waals surface area contributed by atoms with Crippen LogP contribution < -0.4 is 5.32 Å². The highest BCUT2D eigenvalue weighted by Crippen LogP contribution is 2.48. The van der Waals surface area contributed by atoms with Crippen LogP contribution in [0.25, 0.3) is 0 Å². The lowest BCUT2D eigenvalue weighted by molar-refractivity contribution is 0.420. The van der Waals surface area contributed by atoms with E-state index in [0.717, 1.165) is 30.1 Å². The summed E-state index contributed by atoms with van der Waals surface area (Å²) in [6, 6.07) is 0.552. The van der Waals surface area contributed by atoms with E-state index in [2.05, 4.69) is 31.2 Å². The highest BCUT2D eigenvalue weighted by atomic mass is 35.5. The van der Waals surface area contributed by atoms with Crippen LogP contribution in [0, 0.1) is 5.41 Å². The van der Waals surface area contributed by atoms with Gasteiger partial charge in [-0.1, -0.05) is 32.4 Å². The number of nitrogens with zero attached hydrogens (tertiary/aromatic N) is 2. The van der Waals surface area contributed by atoms with E-state index >= 15 is 0 Å². The summed E-state index contributed by atoms with van der Waals surface area (Å²) >= 11 is 6.42. The summed E-state index contributed by atoms with van der Waals surface area (Å²) in [6.45, 7) is 7.59. The Morgan fingerprint density at radius 2 is 2.11 bits per heavy atom. The molecule has 4 heteroatoms. The van der Waals surface area contributed by atoms with Gasteiger partial charge < -0.3 is 5.32 Å². The molecule has 0 aromatic carbocycles. The maximum absolute atomic E-state index is 6.42. The van der Waals surface area contributed by atoms with E-state index in [1.165, 1.54) is 18.5 Å². The Kier molecular flexibility index (Phi) is 4.02. The first-order valence-corrected chi connectivity index (χ1v) is 7.29. The van der Waals surface area contributed by atoms with Crippen molar-refractivity contribution >= 4 is 11.6 Å². The monoisotopic (exact) mass is 269 g/mol. The number of hydrogen-bond donors (Lipinski definition) is 1. The lowest BCUT2D eigenvalue weighted by Crippen LogP contribution is -2.31. The fourth-order valence-corrected chi connectivity index (χ4v) is 2.74. The molecule has 102 valence electrons. The van der Waals surface area contributed by atoms with Crippen molar-refractivity contribution in [2.45, 2.75) is 52.5 Å². The van der Waals surface area contributed by atoms with Crippen molar-refractivity contribution < 1.29 is 0 Å². The van der Waals surface area contributed by atoms with Gasteiger partial charge in [-0.2, -0.15) is 5.10 Å². The molecule has 3 nitrogen and oxygen atoms in total. The second-order valence-corrected chi connectivity index (χ2v) is 6.27. The largest absolute Gasteiger partial charge is 0.314 e. The Labute approximate surface area is 115 Å². The van der Waals surface area contributed by atoms with Crippen LogP contribution in [0.3, 0.4) is 0 Å². The molecule has 1 aromatic heterocycles. The van der Waals surface area contributed by atoms with E-state index in [1.54, 1.807) is 0 Å². The molecule has 0 radical (unpaired) electrons. The molecule has 1 heterocycles. The fourth-order valence-electron chi connectivity index (χ4n) is 2.38. The zero-order chi connectivity index (χ0) is 13.3. The molecule has 1 aliphatic rings. The van der Waals surface area contributed by atoms with Crippen molar-refractivity contribution in [2.24, 2.45) is 12.5 Å². The minimum atomic E-state index is 0.423. The van der Waals surface area contributed by atoms with E-state index in [0.29, 0.717) is 11.5 Å². The molecule has 0 saturated heterocycles. The minimum absolute atomic E-state index is 0.423. The molecule has 1 saturated carbocycles. The van der Waals surface area contributed by atoms with Crippen molar-refractivity contribution in [3.05, 3.63) is 16.4 Å². The summed E-state index contributed by atoms with van der Waals surface area (Å²) in [7, 11) is 2.01. The Balaban J connectivity index is 2.07. The number of hydrogen-bond acceptors (Lipinski definition) is 2. The van der Waals surface area contributed by atoms with Crippen LogP contribution in [0.1, 0.15) is 45.0 Å². The Morgan fingerprint density at radius 1 is 1.44 bits per heavy atom.